The van der Waals surface area contributed by atoms with Gasteiger partial charge in [-0.1, -0.05) is 17.5 Å². The van der Waals surface area contributed by atoms with E-state index in [1.165, 1.54) is 10.6 Å². The minimum atomic E-state index is -0.719. The van der Waals surface area contributed by atoms with Crippen LogP contribution in [0.25, 0.3) is 5.69 Å². The monoisotopic (exact) mass is 345 g/mol. The maximum absolute atomic E-state index is 14.4. The quantitative estimate of drug-likeness (QED) is 0.803. The first kappa shape index (κ1) is 16.2. The molecule has 2 heterocycles. The van der Waals surface area contributed by atoms with Crippen molar-refractivity contribution < 1.29 is 9.13 Å². The Morgan fingerprint density at radius 1 is 1.50 bits per heavy atom. The molecule has 24 heavy (non-hydrogen) atoms. The molecule has 0 aliphatic carbocycles. The number of terminal acetylenes is 1. The Morgan fingerprint density at radius 3 is 2.92 bits per heavy atom. The molecular weight excluding hydrogens is 333 g/mol. The van der Waals surface area contributed by atoms with E-state index in [9.17, 15) is 14.4 Å². The second-order valence-electron chi connectivity index (χ2n) is 5.44. The van der Waals surface area contributed by atoms with E-state index in [-0.39, 0.29) is 22.2 Å². The van der Waals surface area contributed by atoms with Crippen LogP contribution in [0.5, 0.6) is 5.75 Å². The fourth-order valence-corrected chi connectivity index (χ4v) is 3.01. The van der Waals surface area contributed by atoms with Crippen molar-refractivity contribution in [3.63, 3.8) is 0 Å². The Morgan fingerprint density at radius 2 is 2.25 bits per heavy atom. The van der Waals surface area contributed by atoms with Gasteiger partial charge in [0, 0.05) is 12.6 Å². The first-order chi connectivity index (χ1) is 11.5. The zero-order chi connectivity index (χ0) is 17.4. The number of hydrogen-bond donors (Lipinski definition) is 0. The molecule has 0 fully saturated rings. The molecule has 0 amide bonds. The number of ether oxygens (including phenoxy) is 1. The van der Waals surface area contributed by atoms with Crippen LogP contribution in [0.15, 0.2) is 16.9 Å². The molecule has 7 heteroatoms. The lowest BCUT2D eigenvalue weighted by Crippen LogP contribution is -2.24. The highest BCUT2D eigenvalue weighted by atomic mass is 35.5. The van der Waals surface area contributed by atoms with Gasteiger partial charge in [-0.3, -0.25) is 4.57 Å². The van der Waals surface area contributed by atoms with E-state index < -0.39 is 17.6 Å². The molecule has 1 atom stereocenters. The zero-order valence-corrected chi connectivity index (χ0v) is 13.6. The van der Waals surface area contributed by atoms with Gasteiger partial charge in [0.05, 0.1) is 16.4 Å². The second kappa shape index (κ2) is 6.07. The number of rotatable bonds is 3. The Hall–Kier alpha value is -2.70. The van der Waals surface area contributed by atoms with Crippen molar-refractivity contribution in [2.45, 2.75) is 32.4 Å². The van der Waals surface area contributed by atoms with Crippen molar-refractivity contribution in [2.24, 2.45) is 0 Å². The maximum atomic E-state index is 14.4. The van der Waals surface area contributed by atoms with Gasteiger partial charge < -0.3 is 4.74 Å². The smallest absolute Gasteiger partial charge is 0.334 e. The molecule has 122 valence electrons. The molecule has 1 aromatic heterocycles. The molecule has 2 aromatic rings. The highest BCUT2D eigenvalue weighted by molar-refractivity contribution is 6.32. The summed E-state index contributed by atoms with van der Waals surface area (Å²) in [5, 5.41) is 9.46. The molecule has 1 aliphatic rings. The zero-order valence-electron chi connectivity index (χ0n) is 12.8. The fourth-order valence-electron chi connectivity index (χ4n) is 2.82. The van der Waals surface area contributed by atoms with Crippen molar-refractivity contribution >= 4 is 11.6 Å². The predicted molar refractivity (Wildman–Crippen MR) is 87.0 cm³/mol. The van der Waals surface area contributed by atoms with Gasteiger partial charge in [0.1, 0.15) is 23.3 Å². The predicted octanol–water partition coefficient (Wildman–Crippen LogP) is 2.65. The van der Waals surface area contributed by atoms with Crippen LogP contribution in [0.3, 0.4) is 0 Å². The van der Waals surface area contributed by atoms with Crippen LogP contribution in [0, 0.1) is 29.5 Å². The van der Waals surface area contributed by atoms with Crippen LogP contribution < -0.4 is 10.4 Å². The normalized spacial score (nSPS) is 13.9. The SMILES string of the molecule is C#CC(C)Oc1cc(-n2c(C#N)c3n(c2=O)CCC3)c(F)cc1Cl. The van der Waals surface area contributed by atoms with Crippen molar-refractivity contribution in [3.8, 4) is 29.8 Å². The number of nitriles is 1. The van der Waals surface area contributed by atoms with Crippen LogP contribution in [0.1, 0.15) is 24.7 Å². The van der Waals surface area contributed by atoms with Crippen molar-refractivity contribution in [1.29, 1.82) is 5.26 Å². The third kappa shape index (κ3) is 2.46. The molecule has 5 nitrogen and oxygen atoms in total. The molecule has 3 rings (SSSR count). The summed E-state index contributed by atoms with van der Waals surface area (Å²) < 4.78 is 22.5. The number of benzene rings is 1. The number of halogens is 2. The average Bonchev–Trinajstić information content (AvgIpc) is 3.12. The van der Waals surface area contributed by atoms with Gasteiger partial charge in [0.15, 0.2) is 6.10 Å². The van der Waals surface area contributed by atoms with Gasteiger partial charge in [-0.25, -0.2) is 13.8 Å². The highest BCUT2D eigenvalue weighted by Crippen LogP contribution is 2.31. The van der Waals surface area contributed by atoms with E-state index in [1.807, 2.05) is 6.07 Å². The van der Waals surface area contributed by atoms with Crippen molar-refractivity contribution in [2.75, 3.05) is 0 Å². The Kier molecular flexibility index (Phi) is 4.09. The molecular formula is C17H13ClFN3O2. The third-order valence-electron chi connectivity index (χ3n) is 3.93. The third-order valence-corrected chi connectivity index (χ3v) is 4.22. The number of imidazole rings is 1. The molecule has 0 spiro atoms. The lowest BCUT2D eigenvalue weighted by molar-refractivity contribution is 0.278. The lowest BCUT2D eigenvalue weighted by atomic mass is 10.2. The number of nitrogens with zero attached hydrogens (tertiary/aromatic N) is 3. The van der Waals surface area contributed by atoms with E-state index in [1.54, 1.807) is 6.92 Å². The Labute approximate surface area is 142 Å². The summed E-state index contributed by atoms with van der Waals surface area (Å²) in [6.07, 6.45) is 6.09. The molecule has 0 bridgehead atoms. The summed E-state index contributed by atoms with van der Waals surface area (Å²) in [7, 11) is 0. The lowest BCUT2D eigenvalue weighted by Gasteiger charge is -2.13. The van der Waals surface area contributed by atoms with Crippen LogP contribution >= 0.6 is 11.6 Å². The Bertz CT molecular complexity index is 962. The van der Waals surface area contributed by atoms with Crippen LogP contribution in [-0.4, -0.2) is 15.2 Å². The molecule has 1 unspecified atom stereocenters. The average molecular weight is 346 g/mol. The van der Waals surface area contributed by atoms with Crippen molar-refractivity contribution in [3.05, 3.63) is 44.8 Å². The summed E-state index contributed by atoms with van der Waals surface area (Å²) in [5.41, 5.74) is 0.226. The van der Waals surface area contributed by atoms with Crippen LogP contribution in [0.2, 0.25) is 5.02 Å². The van der Waals surface area contributed by atoms with Gasteiger partial charge >= 0.3 is 5.69 Å². The van der Waals surface area contributed by atoms with Gasteiger partial charge in [-0.15, -0.1) is 6.42 Å². The van der Waals surface area contributed by atoms with Gasteiger partial charge in [-0.05, 0) is 25.8 Å². The molecule has 0 saturated carbocycles. The van der Waals surface area contributed by atoms with Crippen LogP contribution in [-0.2, 0) is 13.0 Å². The minimum Gasteiger partial charge on any atom is -0.476 e. The van der Waals surface area contributed by atoms with E-state index in [4.69, 9.17) is 22.8 Å². The number of fused-ring (bicyclic) bond motifs is 1. The molecule has 0 saturated heterocycles. The molecule has 1 aromatic carbocycles. The first-order valence-corrected chi connectivity index (χ1v) is 7.72. The second-order valence-corrected chi connectivity index (χ2v) is 5.85. The van der Waals surface area contributed by atoms with Crippen LogP contribution in [0.4, 0.5) is 4.39 Å². The summed E-state index contributed by atoms with van der Waals surface area (Å²) in [6, 6.07) is 4.34. The van der Waals surface area contributed by atoms with E-state index in [0.717, 1.165) is 17.1 Å². The fraction of sp³-hybridized carbons (Fsp3) is 0.294. The number of aromatic nitrogens is 2. The molecule has 0 N–H and O–H groups in total. The topological polar surface area (TPSA) is 60.0 Å². The van der Waals surface area contributed by atoms with E-state index >= 15 is 0 Å². The standard InChI is InChI=1S/C17H13ClFN3O2/c1-3-10(2)24-16-8-14(12(19)7-11(16)18)22-15(9-20)13-5-4-6-21(13)17(22)23/h1,7-8,10H,4-6H2,2H3. The van der Waals surface area contributed by atoms with E-state index in [2.05, 4.69) is 5.92 Å². The Balaban J connectivity index is 2.22. The summed E-state index contributed by atoms with van der Waals surface area (Å²) in [6.45, 7) is 2.15. The maximum Gasteiger partial charge on any atom is 0.334 e. The molecule has 0 radical (unpaired) electrons. The highest BCUT2D eigenvalue weighted by Gasteiger charge is 2.26. The molecule has 1 aliphatic heterocycles. The summed E-state index contributed by atoms with van der Waals surface area (Å²) in [5.74, 6) is 1.81. The minimum absolute atomic E-state index is 0.0386. The van der Waals surface area contributed by atoms with Gasteiger partial charge in [-0.2, -0.15) is 5.26 Å². The van der Waals surface area contributed by atoms with Crippen molar-refractivity contribution in [1.82, 2.24) is 9.13 Å². The van der Waals surface area contributed by atoms with Gasteiger partial charge in [0.2, 0.25) is 0 Å². The summed E-state index contributed by atoms with van der Waals surface area (Å²) in [4.78, 5) is 12.6. The largest absolute Gasteiger partial charge is 0.476 e. The van der Waals surface area contributed by atoms with Gasteiger partial charge in [0.25, 0.3) is 0 Å². The first-order valence-electron chi connectivity index (χ1n) is 7.34. The summed E-state index contributed by atoms with van der Waals surface area (Å²) >= 11 is 5.99. The number of hydrogen-bond acceptors (Lipinski definition) is 3. The van der Waals surface area contributed by atoms with E-state index in [0.29, 0.717) is 18.7 Å².